The minimum atomic E-state index is 0.160. The summed E-state index contributed by atoms with van der Waals surface area (Å²) in [4.78, 5) is 6.48. The first-order valence-electron chi connectivity index (χ1n) is 9.83. The average molecular weight is 395 g/mol. The summed E-state index contributed by atoms with van der Waals surface area (Å²) in [6.07, 6.45) is 0.945. The Morgan fingerprint density at radius 2 is 1.82 bits per heavy atom. The average Bonchev–Trinajstić information content (AvgIpc) is 2.68. The molecule has 1 aromatic carbocycles. The highest BCUT2D eigenvalue weighted by atomic mass is 16.5. The molecule has 0 aliphatic carbocycles. The fraction of sp³-hybridized carbons (Fsp3) is 0.667. The maximum atomic E-state index is 5.61. The van der Waals surface area contributed by atoms with Crippen molar-refractivity contribution in [2.75, 3.05) is 61.7 Å². The molecule has 1 aromatic rings. The van der Waals surface area contributed by atoms with Crippen LogP contribution >= 0.6 is 0 Å². The highest BCUT2D eigenvalue weighted by molar-refractivity contribution is 5.79. The van der Waals surface area contributed by atoms with Crippen molar-refractivity contribution < 1.29 is 14.2 Å². The summed E-state index contributed by atoms with van der Waals surface area (Å²) in [5.41, 5.74) is 1.15. The second-order valence-corrected chi connectivity index (χ2v) is 7.30. The van der Waals surface area contributed by atoms with Gasteiger partial charge in [-0.15, -0.1) is 0 Å². The van der Waals surface area contributed by atoms with Gasteiger partial charge in [0, 0.05) is 33.4 Å². The molecule has 0 saturated heterocycles. The molecule has 0 spiro atoms. The molecule has 0 bridgehead atoms. The van der Waals surface area contributed by atoms with Crippen LogP contribution in [0, 0.1) is 5.92 Å². The van der Waals surface area contributed by atoms with Crippen molar-refractivity contribution in [3.63, 3.8) is 0 Å². The number of rotatable bonds is 12. The summed E-state index contributed by atoms with van der Waals surface area (Å²) in [5.74, 6) is 2.82. The number of hydrogen-bond donors (Lipinski definition) is 2. The maximum Gasteiger partial charge on any atom is 0.191 e. The molecule has 0 amide bonds. The summed E-state index contributed by atoms with van der Waals surface area (Å²) in [7, 11) is 9.20. The van der Waals surface area contributed by atoms with Crippen molar-refractivity contribution in [3.05, 3.63) is 23.8 Å². The van der Waals surface area contributed by atoms with Crippen molar-refractivity contribution >= 4 is 5.96 Å². The minimum Gasteiger partial charge on any atom is -0.493 e. The Balaban J connectivity index is 2.57. The second-order valence-electron chi connectivity index (χ2n) is 7.30. The van der Waals surface area contributed by atoms with E-state index in [1.807, 2.05) is 12.1 Å². The molecule has 0 radical (unpaired) electrons. The van der Waals surface area contributed by atoms with Gasteiger partial charge in [0.25, 0.3) is 0 Å². The van der Waals surface area contributed by atoms with Gasteiger partial charge in [0.05, 0.1) is 20.3 Å². The number of nitrogens with zero attached hydrogens (tertiary/aromatic N) is 2. The van der Waals surface area contributed by atoms with E-state index in [1.165, 1.54) is 0 Å². The van der Waals surface area contributed by atoms with Crippen molar-refractivity contribution in [1.29, 1.82) is 0 Å². The Kier molecular flexibility index (Phi) is 11.4. The third-order valence-electron chi connectivity index (χ3n) is 4.31. The van der Waals surface area contributed by atoms with Crippen LogP contribution < -0.4 is 20.1 Å². The number of nitrogens with one attached hydrogen (secondary N) is 2. The molecule has 0 aliphatic heterocycles. The molecule has 0 saturated carbocycles. The normalized spacial score (nSPS) is 13.0. The van der Waals surface area contributed by atoms with E-state index in [1.54, 1.807) is 21.3 Å². The largest absolute Gasteiger partial charge is 0.493 e. The first-order chi connectivity index (χ1) is 13.4. The molecular formula is C21H38N4O3. The quantitative estimate of drug-likeness (QED) is 0.323. The number of ether oxygens (including phenoxy) is 3. The molecule has 0 heterocycles. The molecule has 1 rings (SSSR count). The third-order valence-corrected chi connectivity index (χ3v) is 4.31. The smallest absolute Gasteiger partial charge is 0.191 e. The van der Waals surface area contributed by atoms with Crippen molar-refractivity contribution in [2.24, 2.45) is 10.9 Å². The summed E-state index contributed by atoms with van der Waals surface area (Å²) >= 11 is 0. The first kappa shape index (κ1) is 24.0. The fourth-order valence-corrected chi connectivity index (χ4v) is 2.77. The molecule has 7 heteroatoms. The van der Waals surface area contributed by atoms with Crippen LogP contribution in [0.2, 0.25) is 0 Å². The van der Waals surface area contributed by atoms with Crippen LogP contribution in [0.3, 0.4) is 0 Å². The van der Waals surface area contributed by atoms with Gasteiger partial charge in [0.1, 0.15) is 0 Å². The van der Waals surface area contributed by atoms with Crippen LogP contribution in [0.15, 0.2) is 23.2 Å². The van der Waals surface area contributed by atoms with Gasteiger partial charge in [0.15, 0.2) is 17.5 Å². The Hall–Kier alpha value is -1.99. The topological polar surface area (TPSA) is 67.4 Å². The van der Waals surface area contributed by atoms with E-state index in [0.717, 1.165) is 49.2 Å². The van der Waals surface area contributed by atoms with Gasteiger partial charge in [-0.05, 0) is 44.1 Å². The van der Waals surface area contributed by atoms with Gasteiger partial charge in [-0.2, -0.15) is 0 Å². The highest BCUT2D eigenvalue weighted by Crippen LogP contribution is 2.31. The molecule has 2 N–H and O–H groups in total. The van der Waals surface area contributed by atoms with E-state index in [9.17, 15) is 0 Å². The van der Waals surface area contributed by atoms with Gasteiger partial charge in [0.2, 0.25) is 0 Å². The molecule has 7 nitrogen and oxygen atoms in total. The SMILES string of the molecule is CN=C(NCCCOCC(C)C)NCC(c1ccc(OC)c(OC)c1)N(C)C. The van der Waals surface area contributed by atoms with Crippen LogP contribution in [0.4, 0.5) is 0 Å². The van der Waals surface area contributed by atoms with E-state index in [-0.39, 0.29) is 6.04 Å². The number of methoxy groups -OCH3 is 2. The van der Waals surface area contributed by atoms with Gasteiger partial charge in [-0.1, -0.05) is 19.9 Å². The lowest BCUT2D eigenvalue weighted by molar-refractivity contribution is 0.108. The zero-order chi connectivity index (χ0) is 20.9. The predicted octanol–water partition coefficient (Wildman–Crippen LogP) is 2.53. The molecule has 1 unspecified atom stereocenters. The van der Waals surface area contributed by atoms with Crippen molar-refractivity contribution in [1.82, 2.24) is 15.5 Å². The molecule has 0 fully saturated rings. The standard InChI is InChI=1S/C21H38N4O3/c1-16(2)15-28-12-8-11-23-21(22-3)24-14-18(25(4)5)17-9-10-19(26-6)20(13-17)27-7/h9-10,13,16,18H,8,11-12,14-15H2,1-7H3,(H2,22,23,24). The lowest BCUT2D eigenvalue weighted by Crippen LogP contribution is -2.42. The number of aliphatic imine (C=N–C) groups is 1. The van der Waals surface area contributed by atoms with Crippen molar-refractivity contribution in [3.8, 4) is 11.5 Å². The first-order valence-corrected chi connectivity index (χ1v) is 9.83. The molecular weight excluding hydrogens is 356 g/mol. The number of benzene rings is 1. The summed E-state index contributed by atoms with van der Waals surface area (Å²) in [5, 5.41) is 6.75. The van der Waals surface area contributed by atoms with E-state index >= 15 is 0 Å². The Labute approximate surface area is 170 Å². The second kappa shape index (κ2) is 13.2. The lowest BCUT2D eigenvalue weighted by atomic mass is 10.1. The van der Waals surface area contributed by atoms with Crippen LogP contribution in [-0.4, -0.2) is 72.5 Å². The monoisotopic (exact) mass is 394 g/mol. The summed E-state index contributed by atoms with van der Waals surface area (Å²) in [6, 6.07) is 6.19. The van der Waals surface area contributed by atoms with Gasteiger partial charge in [-0.25, -0.2) is 0 Å². The molecule has 28 heavy (non-hydrogen) atoms. The van der Waals surface area contributed by atoms with Crippen molar-refractivity contribution in [2.45, 2.75) is 26.3 Å². The predicted molar refractivity (Wildman–Crippen MR) is 116 cm³/mol. The van der Waals surface area contributed by atoms with Gasteiger partial charge >= 0.3 is 0 Å². The van der Waals surface area contributed by atoms with E-state index in [2.05, 4.69) is 54.5 Å². The van der Waals surface area contributed by atoms with Gasteiger partial charge in [-0.3, -0.25) is 4.99 Å². The zero-order valence-electron chi connectivity index (χ0n) is 18.5. The summed E-state index contributed by atoms with van der Waals surface area (Å²) < 4.78 is 16.4. The van der Waals surface area contributed by atoms with Crippen LogP contribution in [-0.2, 0) is 4.74 Å². The fourth-order valence-electron chi connectivity index (χ4n) is 2.77. The van der Waals surface area contributed by atoms with Gasteiger partial charge < -0.3 is 29.7 Å². The lowest BCUT2D eigenvalue weighted by Gasteiger charge is -2.26. The minimum absolute atomic E-state index is 0.160. The van der Waals surface area contributed by atoms with Crippen LogP contribution in [0.1, 0.15) is 31.9 Å². The number of likely N-dealkylation sites (N-methyl/N-ethyl adjacent to an activating group) is 1. The highest BCUT2D eigenvalue weighted by Gasteiger charge is 2.17. The Bertz CT molecular complexity index is 591. The zero-order valence-corrected chi connectivity index (χ0v) is 18.5. The van der Waals surface area contributed by atoms with E-state index < -0.39 is 0 Å². The molecule has 1 atom stereocenters. The maximum absolute atomic E-state index is 5.61. The van der Waals surface area contributed by atoms with E-state index in [4.69, 9.17) is 14.2 Å². The van der Waals surface area contributed by atoms with Crippen LogP contribution in [0.25, 0.3) is 0 Å². The number of guanidine groups is 1. The Morgan fingerprint density at radius 3 is 2.39 bits per heavy atom. The molecule has 0 aliphatic rings. The summed E-state index contributed by atoms with van der Waals surface area (Å²) in [6.45, 7) is 7.41. The number of hydrogen-bond acceptors (Lipinski definition) is 5. The molecule has 160 valence electrons. The van der Waals surface area contributed by atoms with E-state index in [0.29, 0.717) is 12.5 Å². The Morgan fingerprint density at radius 1 is 1.11 bits per heavy atom. The third kappa shape index (κ3) is 8.35. The van der Waals surface area contributed by atoms with Crippen LogP contribution in [0.5, 0.6) is 11.5 Å². The molecule has 0 aromatic heterocycles.